The van der Waals surface area contributed by atoms with Crippen molar-refractivity contribution in [2.45, 2.75) is 59.0 Å². The lowest BCUT2D eigenvalue weighted by Gasteiger charge is -2.35. The molecular formula is C22H32N4O3S. The van der Waals surface area contributed by atoms with Gasteiger partial charge >= 0.3 is 6.09 Å². The highest BCUT2D eigenvalue weighted by Gasteiger charge is 2.27. The first-order valence-electron chi connectivity index (χ1n) is 10.7. The fourth-order valence-corrected chi connectivity index (χ4v) is 5.26. The van der Waals surface area contributed by atoms with Crippen molar-refractivity contribution < 1.29 is 14.3 Å². The number of ether oxygens (including phenoxy) is 1. The van der Waals surface area contributed by atoms with Crippen molar-refractivity contribution in [1.82, 2.24) is 9.80 Å². The molecule has 0 saturated carbocycles. The summed E-state index contributed by atoms with van der Waals surface area (Å²) in [5, 5.41) is 13.2. The van der Waals surface area contributed by atoms with Crippen LogP contribution in [0.4, 0.5) is 9.80 Å². The predicted molar refractivity (Wildman–Crippen MR) is 118 cm³/mol. The number of nitrogens with zero attached hydrogens (tertiary/aromatic N) is 3. The summed E-state index contributed by atoms with van der Waals surface area (Å²) in [5.41, 5.74) is 1.29. The number of carbonyl (C=O) groups is 2. The van der Waals surface area contributed by atoms with E-state index in [2.05, 4.69) is 23.2 Å². The molecule has 0 spiro atoms. The van der Waals surface area contributed by atoms with Gasteiger partial charge in [-0.25, -0.2) is 4.79 Å². The second-order valence-electron chi connectivity index (χ2n) is 9.27. The fraction of sp³-hybridized carbons (Fsp3) is 0.682. The molecule has 1 fully saturated rings. The summed E-state index contributed by atoms with van der Waals surface area (Å²) in [7, 11) is 0. The van der Waals surface area contributed by atoms with Crippen LogP contribution in [0.25, 0.3) is 0 Å². The predicted octanol–water partition coefficient (Wildman–Crippen LogP) is 3.63. The number of carbonyl (C=O) groups excluding carboxylic acids is 2. The molecule has 1 aliphatic carbocycles. The summed E-state index contributed by atoms with van der Waals surface area (Å²) < 4.78 is 5.42. The van der Waals surface area contributed by atoms with Crippen molar-refractivity contribution in [3.05, 3.63) is 16.0 Å². The second kappa shape index (κ2) is 9.36. The molecule has 1 saturated heterocycles. The lowest BCUT2D eigenvalue weighted by Crippen LogP contribution is -2.50. The maximum absolute atomic E-state index is 12.5. The smallest absolute Gasteiger partial charge is 0.410 e. The summed E-state index contributed by atoms with van der Waals surface area (Å²) >= 11 is 1.56. The number of fused-ring (bicyclic) bond motifs is 1. The Kier molecular flexibility index (Phi) is 7.04. The highest BCUT2D eigenvalue weighted by Crippen LogP contribution is 2.39. The van der Waals surface area contributed by atoms with Crippen LogP contribution in [0.5, 0.6) is 0 Å². The third-order valence-electron chi connectivity index (χ3n) is 5.56. The molecule has 30 heavy (non-hydrogen) atoms. The summed E-state index contributed by atoms with van der Waals surface area (Å²) in [5.74, 6) is 0.568. The molecule has 7 nitrogen and oxygen atoms in total. The van der Waals surface area contributed by atoms with Crippen LogP contribution in [-0.2, 0) is 22.4 Å². The zero-order chi connectivity index (χ0) is 21.9. The van der Waals surface area contributed by atoms with Crippen molar-refractivity contribution in [3.8, 4) is 6.07 Å². The summed E-state index contributed by atoms with van der Waals surface area (Å²) in [6.07, 6.45) is 3.11. The Balaban J connectivity index is 1.46. The van der Waals surface area contributed by atoms with Gasteiger partial charge in [-0.1, -0.05) is 6.92 Å². The van der Waals surface area contributed by atoms with Gasteiger partial charge in [0.05, 0.1) is 5.56 Å². The monoisotopic (exact) mass is 432 g/mol. The number of piperazine rings is 1. The molecule has 2 amide bonds. The molecular weight excluding hydrogens is 400 g/mol. The number of hydrogen-bond donors (Lipinski definition) is 1. The quantitative estimate of drug-likeness (QED) is 0.785. The van der Waals surface area contributed by atoms with E-state index in [1.807, 2.05) is 20.8 Å². The molecule has 1 aromatic heterocycles. The van der Waals surface area contributed by atoms with Crippen LogP contribution in [0.15, 0.2) is 0 Å². The number of thiophene rings is 1. The average molecular weight is 433 g/mol. The van der Waals surface area contributed by atoms with Crippen LogP contribution >= 0.6 is 11.3 Å². The summed E-state index contributed by atoms with van der Waals surface area (Å²) in [6, 6.07) is 2.30. The Labute approximate surface area is 183 Å². The number of nitrogens with one attached hydrogen (secondary N) is 1. The zero-order valence-corrected chi connectivity index (χ0v) is 19.2. The van der Waals surface area contributed by atoms with E-state index in [9.17, 15) is 14.9 Å². The van der Waals surface area contributed by atoms with Crippen molar-refractivity contribution in [1.29, 1.82) is 5.26 Å². The Morgan fingerprint density at radius 2 is 1.97 bits per heavy atom. The SMILES string of the molecule is CC1CCc2c(sc(NC(=O)CCN3CCN(C(=O)OC(C)(C)C)CC3)c2C#N)C1. The molecule has 8 heteroatoms. The van der Waals surface area contributed by atoms with Gasteiger partial charge in [-0.05, 0) is 51.5 Å². The van der Waals surface area contributed by atoms with Gasteiger partial charge in [-0.2, -0.15) is 5.26 Å². The van der Waals surface area contributed by atoms with Gasteiger partial charge < -0.3 is 15.0 Å². The molecule has 1 N–H and O–H groups in total. The zero-order valence-electron chi connectivity index (χ0n) is 18.4. The van der Waals surface area contributed by atoms with Crippen molar-refractivity contribution in [2.75, 3.05) is 38.0 Å². The maximum atomic E-state index is 12.5. The minimum atomic E-state index is -0.492. The lowest BCUT2D eigenvalue weighted by atomic mass is 9.89. The Hall–Kier alpha value is -2.11. The van der Waals surface area contributed by atoms with E-state index in [-0.39, 0.29) is 12.0 Å². The Morgan fingerprint density at radius 1 is 1.27 bits per heavy atom. The normalized spacial score (nSPS) is 19.7. The van der Waals surface area contributed by atoms with E-state index in [0.717, 1.165) is 37.9 Å². The molecule has 0 radical (unpaired) electrons. The van der Waals surface area contributed by atoms with Crippen LogP contribution in [0, 0.1) is 17.2 Å². The van der Waals surface area contributed by atoms with Gasteiger partial charge in [0, 0.05) is 44.0 Å². The average Bonchev–Trinajstić information content (AvgIpc) is 3.01. The lowest BCUT2D eigenvalue weighted by molar-refractivity contribution is -0.116. The molecule has 1 aromatic rings. The summed E-state index contributed by atoms with van der Waals surface area (Å²) in [6.45, 7) is 11.1. The summed E-state index contributed by atoms with van der Waals surface area (Å²) in [4.78, 5) is 29.8. The van der Waals surface area contributed by atoms with Crippen LogP contribution in [0.2, 0.25) is 0 Å². The fourth-order valence-electron chi connectivity index (χ4n) is 3.89. The maximum Gasteiger partial charge on any atom is 0.410 e. The second-order valence-corrected chi connectivity index (χ2v) is 10.4. The van der Waals surface area contributed by atoms with Crippen LogP contribution < -0.4 is 5.32 Å². The number of hydrogen-bond acceptors (Lipinski definition) is 6. The number of nitriles is 1. The Morgan fingerprint density at radius 3 is 2.60 bits per heavy atom. The topological polar surface area (TPSA) is 85.7 Å². The third-order valence-corrected chi connectivity index (χ3v) is 6.73. The molecule has 1 aliphatic heterocycles. The number of anilines is 1. The molecule has 1 unspecified atom stereocenters. The van der Waals surface area contributed by atoms with Gasteiger partial charge in [0.25, 0.3) is 0 Å². The minimum Gasteiger partial charge on any atom is -0.444 e. The number of rotatable bonds is 4. The van der Waals surface area contributed by atoms with E-state index in [1.165, 1.54) is 4.88 Å². The highest BCUT2D eigenvalue weighted by atomic mass is 32.1. The van der Waals surface area contributed by atoms with Gasteiger partial charge in [0.15, 0.2) is 0 Å². The van der Waals surface area contributed by atoms with Gasteiger partial charge in [0.2, 0.25) is 5.91 Å². The first-order valence-corrected chi connectivity index (χ1v) is 11.5. The van der Waals surface area contributed by atoms with Crippen LogP contribution in [0.1, 0.15) is 56.5 Å². The molecule has 164 valence electrons. The standard InChI is InChI=1S/C22H32N4O3S/c1-15-5-6-16-17(14-23)20(30-18(16)13-15)24-19(27)7-8-25-9-11-26(12-10-25)21(28)29-22(2,3)4/h15H,5-13H2,1-4H3,(H,24,27). The molecule has 2 heterocycles. The molecule has 3 rings (SSSR count). The van der Waals surface area contributed by atoms with Crippen molar-refractivity contribution >= 4 is 28.3 Å². The molecule has 2 aliphatic rings. The van der Waals surface area contributed by atoms with E-state index < -0.39 is 5.60 Å². The van der Waals surface area contributed by atoms with E-state index >= 15 is 0 Å². The van der Waals surface area contributed by atoms with Crippen molar-refractivity contribution in [3.63, 3.8) is 0 Å². The van der Waals surface area contributed by atoms with Gasteiger partial charge in [-0.3, -0.25) is 9.69 Å². The highest BCUT2D eigenvalue weighted by molar-refractivity contribution is 7.16. The van der Waals surface area contributed by atoms with E-state index in [4.69, 9.17) is 4.74 Å². The van der Waals surface area contributed by atoms with Crippen molar-refractivity contribution in [2.24, 2.45) is 5.92 Å². The van der Waals surface area contributed by atoms with E-state index in [1.54, 1.807) is 16.2 Å². The minimum absolute atomic E-state index is 0.0623. The first-order chi connectivity index (χ1) is 14.2. The molecule has 0 bridgehead atoms. The van der Waals surface area contributed by atoms with Gasteiger partial charge in [0.1, 0.15) is 16.7 Å². The van der Waals surface area contributed by atoms with Crippen LogP contribution in [0.3, 0.4) is 0 Å². The Bertz CT molecular complexity index is 829. The van der Waals surface area contributed by atoms with E-state index in [0.29, 0.717) is 42.5 Å². The first kappa shape index (κ1) is 22.6. The molecule has 1 atom stereocenters. The van der Waals surface area contributed by atoms with Gasteiger partial charge in [-0.15, -0.1) is 11.3 Å². The number of amides is 2. The van der Waals surface area contributed by atoms with Crippen LogP contribution in [-0.4, -0.2) is 60.1 Å². The molecule has 0 aromatic carbocycles. The third kappa shape index (κ3) is 5.73. The largest absolute Gasteiger partial charge is 0.444 e.